The number of rotatable bonds is 9. The van der Waals surface area contributed by atoms with Crippen molar-refractivity contribution in [3.05, 3.63) is 24.8 Å². The lowest BCUT2D eigenvalue weighted by Crippen LogP contribution is -2.49. The van der Waals surface area contributed by atoms with Crippen molar-refractivity contribution in [2.24, 2.45) is 4.99 Å². The summed E-state index contributed by atoms with van der Waals surface area (Å²) >= 11 is 0. The zero-order valence-electron chi connectivity index (χ0n) is 16.7. The van der Waals surface area contributed by atoms with Crippen LogP contribution in [0.2, 0.25) is 0 Å². The molecule has 0 atom stereocenters. The molecule has 1 aromatic rings. The second-order valence-electron chi connectivity index (χ2n) is 7.42. The van der Waals surface area contributed by atoms with Gasteiger partial charge >= 0.3 is 0 Å². The number of piperidine rings is 1. The van der Waals surface area contributed by atoms with E-state index in [0.29, 0.717) is 6.54 Å². The lowest BCUT2D eigenvalue weighted by molar-refractivity contribution is 0.102. The average molecular weight is 362 g/mol. The lowest BCUT2D eigenvalue weighted by Gasteiger charge is -2.40. The molecule has 0 amide bonds. The summed E-state index contributed by atoms with van der Waals surface area (Å²) < 4.78 is 2.08. The second kappa shape index (κ2) is 10.3. The second-order valence-corrected chi connectivity index (χ2v) is 7.42. The first-order chi connectivity index (χ1) is 12.6. The summed E-state index contributed by atoms with van der Waals surface area (Å²) in [5.74, 6) is 1.84. The summed E-state index contributed by atoms with van der Waals surface area (Å²) in [5.41, 5.74) is 0.0762. The SMILES string of the molecule is C=CCNC(=NCC(C)(C)N1CCCCC1)NCCn1cnnc1CC. The van der Waals surface area contributed by atoms with Gasteiger partial charge in [-0.1, -0.05) is 19.4 Å². The molecule has 2 rings (SSSR count). The van der Waals surface area contributed by atoms with E-state index >= 15 is 0 Å². The molecule has 7 nitrogen and oxygen atoms in total. The fraction of sp³-hybridized carbons (Fsp3) is 0.737. The molecule has 7 heteroatoms. The van der Waals surface area contributed by atoms with Crippen molar-refractivity contribution in [1.82, 2.24) is 30.3 Å². The molecule has 1 saturated heterocycles. The molecule has 2 heterocycles. The minimum atomic E-state index is 0.0762. The van der Waals surface area contributed by atoms with Gasteiger partial charge in [-0.2, -0.15) is 0 Å². The van der Waals surface area contributed by atoms with Gasteiger partial charge in [-0.25, -0.2) is 0 Å². The lowest BCUT2D eigenvalue weighted by atomic mass is 9.99. The number of guanidine groups is 1. The molecule has 0 radical (unpaired) electrons. The van der Waals surface area contributed by atoms with Crippen molar-refractivity contribution in [3.8, 4) is 0 Å². The third-order valence-electron chi connectivity index (χ3n) is 4.91. The van der Waals surface area contributed by atoms with Crippen LogP contribution in [0.5, 0.6) is 0 Å². The highest BCUT2D eigenvalue weighted by Crippen LogP contribution is 2.20. The number of likely N-dealkylation sites (tertiary alicyclic amines) is 1. The van der Waals surface area contributed by atoms with Gasteiger partial charge in [-0.15, -0.1) is 16.8 Å². The maximum absolute atomic E-state index is 4.83. The maximum atomic E-state index is 4.83. The van der Waals surface area contributed by atoms with E-state index in [4.69, 9.17) is 4.99 Å². The zero-order chi connectivity index (χ0) is 18.8. The number of nitrogens with one attached hydrogen (secondary N) is 2. The smallest absolute Gasteiger partial charge is 0.191 e. The third-order valence-corrected chi connectivity index (χ3v) is 4.91. The average Bonchev–Trinajstić information content (AvgIpc) is 3.11. The van der Waals surface area contributed by atoms with Gasteiger partial charge in [0, 0.05) is 31.6 Å². The quantitative estimate of drug-likeness (QED) is 0.399. The van der Waals surface area contributed by atoms with Gasteiger partial charge in [0.15, 0.2) is 5.96 Å². The summed E-state index contributed by atoms with van der Waals surface area (Å²) in [6, 6.07) is 0. The van der Waals surface area contributed by atoms with E-state index in [1.807, 2.05) is 6.08 Å². The fourth-order valence-electron chi connectivity index (χ4n) is 3.25. The van der Waals surface area contributed by atoms with Crippen LogP contribution in [0.3, 0.4) is 0 Å². The van der Waals surface area contributed by atoms with E-state index in [2.05, 4.69) is 57.6 Å². The maximum Gasteiger partial charge on any atom is 0.191 e. The summed E-state index contributed by atoms with van der Waals surface area (Å²) in [4.78, 5) is 7.40. The third kappa shape index (κ3) is 6.12. The molecule has 1 aliphatic rings. The summed E-state index contributed by atoms with van der Waals surface area (Å²) in [6.45, 7) is 15.9. The Morgan fingerprint density at radius 1 is 1.31 bits per heavy atom. The number of hydrogen-bond acceptors (Lipinski definition) is 4. The number of aliphatic imine (C=N–C) groups is 1. The molecule has 1 aromatic heterocycles. The van der Waals surface area contributed by atoms with Crippen molar-refractivity contribution in [1.29, 1.82) is 0 Å². The van der Waals surface area contributed by atoms with E-state index in [9.17, 15) is 0 Å². The Bertz CT molecular complexity index is 570. The Morgan fingerprint density at radius 2 is 2.08 bits per heavy atom. The van der Waals surface area contributed by atoms with Crippen LogP contribution in [0.25, 0.3) is 0 Å². The minimum Gasteiger partial charge on any atom is -0.355 e. The van der Waals surface area contributed by atoms with Gasteiger partial charge < -0.3 is 15.2 Å². The summed E-state index contributed by atoms with van der Waals surface area (Å²) in [5, 5.41) is 14.8. The number of hydrogen-bond donors (Lipinski definition) is 2. The van der Waals surface area contributed by atoms with Crippen LogP contribution in [0.1, 0.15) is 45.9 Å². The number of nitrogens with zero attached hydrogens (tertiary/aromatic N) is 5. The van der Waals surface area contributed by atoms with Crippen molar-refractivity contribution in [3.63, 3.8) is 0 Å². The molecule has 2 N–H and O–H groups in total. The number of aryl methyl sites for hydroxylation is 1. The van der Waals surface area contributed by atoms with Crippen molar-refractivity contribution in [2.75, 3.05) is 32.7 Å². The van der Waals surface area contributed by atoms with E-state index in [1.54, 1.807) is 6.33 Å². The zero-order valence-corrected chi connectivity index (χ0v) is 16.7. The van der Waals surface area contributed by atoms with Crippen LogP contribution in [-0.4, -0.2) is 63.9 Å². The molecule has 0 bridgehead atoms. The van der Waals surface area contributed by atoms with Crippen LogP contribution in [0.4, 0.5) is 0 Å². The van der Waals surface area contributed by atoms with E-state index in [-0.39, 0.29) is 5.54 Å². The molecule has 0 aliphatic carbocycles. The fourth-order valence-corrected chi connectivity index (χ4v) is 3.25. The molecule has 0 saturated carbocycles. The van der Waals surface area contributed by atoms with Crippen LogP contribution >= 0.6 is 0 Å². The normalized spacial score (nSPS) is 16.5. The molecular weight excluding hydrogens is 326 g/mol. The first kappa shape index (κ1) is 20.4. The highest BCUT2D eigenvalue weighted by Gasteiger charge is 2.27. The summed E-state index contributed by atoms with van der Waals surface area (Å²) in [7, 11) is 0. The van der Waals surface area contributed by atoms with Crippen molar-refractivity contribution in [2.45, 2.75) is 58.5 Å². The van der Waals surface area contributed by atoms with Gasteiger partial charge in [0.2, 0.25) is 0 Å². The Balaban J connectivity index is 1.90. The molecule has 0 spiro atoms. The molecule has 0 aromatic carbocycles. The Kier molecular flexibility index (Phi) is 8.09. The number of aromatic nitrogens is 3. The van der Waals surface area contributed by atoms with Crippen molar-refractivity contribution >= 4 is 5.96 Å². The molecule has 1 aliphatic heterocycles. The molecule has 1 fully saturated rings. The van der Waals surface area contributed by atoms with Gasteiger partial charge in [0.25, 0.3) is 0 Å². The van der Waals surface area contributed by atoms with Gasteiger partial charge in [-0.3, -0.25) is 9.89 Å². The predicted molar refractivity (Wildman–Crippen MR) is 107 cm³/mol. The largest absolute Gasteiger partial charge is 0.355 e. The topological polar surface area (TPSA) is 70.4 Å². The Morgan fingerprint density at radius 3 is 2.77 bits per heavy atom. The first-order valence-corrected chi connectivity index (χ1v) is 9.81. The molecular formula is C19H35N7. The van der Waals surface area contributed by atoms with E-state index < -0.39 is 0 Å². The van der Waals surface area contributed by atoms with Gasteiger partial charge in [0.05, 0.1) is 6.54 Å². The minimum absolute atomic E-state index is 0.0762. The Labute approximate surface area is 158 Å². The van der Waals surface area contributed by atoms with Crippen LogP contribution in [-0.2, 0) is 13.0 Å². The first-order valence-electron chi connectivity index (χ1n) is 9.81. The Hall–Kier alpha value is -1.89. The van der Waals surface area contributed by atoms with Crippen LogP contribution in [0, 0.1) is 0 Å². The highest BCUT2D eigenvalue weighted by molar-refractivity contribution is 5.79. The van der Waals surface area contributed by atoms with Gasteiger partial charge in [-0.05, 0) is 39.8 Å². The van der Waals surface area contributed by atoms with E-state index in [0.717, 1.165) is 37.8 Å². The predicted octanol–water partition coefficient (Wildman–Crippen LogP) is 1.83. The van der Waals surface area contributed by atoms with Crippen molar-refractivity contribution < 1.29 is 0 Å². The van der Waals surface area contributed by atoms with Crippen LogP contribution < -0.4 is 10.6 Å². The highest BCUT2D eigenvalue weighted by atomic mass is 15.3. The standard InChI is InChI=1S/C19H35N7/c1-5-10-20-18(21-11-14-25-16-23-24-17(25)6-2)22-15-19(3,4)26-12-8-7-9-13-26/h5,16H,1,6-15H2,2-4H3,(H2,20,21,22). The van der Waals surface area contributed by atoms with Crippen LogP contribution in [0.15, 0.2) is 24.0 Å². The molecule has 146 valence electrons. The monoisotopic (exact) mass is 361 g/mol. The van der Waals surface area contributed by atoms with Gasteiger partial charge in [0.1, 0.15) is 12.2 Å². The summed E-state index contributed by atoms with van der Waals surface area (Å²) in [6.07, 6.45) is 8.47. The molecule has 26 heavy (non-hydrogen) atoms. The molecule has 0 unspecified atom stereocenters. The van der Waals surface area contributed by atoms with E-state index in [1.165, 1.54) is 32.4 Å².